The Morgan fingerprint density at radius 2 is 1.88 bits per heavy atom. The molecule has 2 saturated heterocycles. The van der Waals surface area contributed by atoms with E-state index in [2.05, 4.69) is 13.0 Å². The van der Waals surface area contributed by atoms with Crippen molar-refractivity contribution in [2.24, 2.45) is 11.8 Å². The van der Waals surface area contributed by atoms with Gasteiger partial charge in [-0.15, -0.1) is 0 Å². The van der Waals surface area contributed by atoms with Gasteiger partial charge in [0, 0.05) is 12.5 Å². The molecule has 2 aliphatic heterocycles. The first-order valence-corrected chi connectivity index (χ1v) is 9.49. The molecule has 0 aromatic rings. The first-order chi connectivity index (χ1) is 11.7. The number of unbranched alkanes of at least 4 members (excludes halogenated alkanes) is 3. The van der Waals surface area contributed by atoms with E-state index in [1.807, 2.05) is 12.2 Å². The zero-order valence-electron chi connectivity index (χ0n) is 14.9. The molecule has 2 fully saturated rings. The van der Waals surface area contributed by atoms with Gasteiger partial charge in [-0.05, 0) is 31.6 Å². The number of hydrogen-bond acceptors (Lipinski definition) is 3. The van der Waals surface area contributed by atoms with Crippen molar-refractivity contribution in [2.75, 3.05) is 13.2 Å². The maximum Gasteiger partial charge on any atom is 0.307 e. The second kappa shape index (κ2) is 10.7. The molecule has 2 bridgehead atoms. The lowest BCUT2D eigenvalue weighted by molar-refractivity contribution is -0.136. The molecule has 4 heteroatoms. The third-order valence-corrected chi connectivity index (χ3v) is 5.13. The van der Waals surface area contributed by atoms with Crippen molar-refractivity contribution in [2.45, 2.75) is 70.5 Å². The second-order valence-electron chi connectivity index (χ2n) is 6.94. The van der Waals surface area contributed by atoms with Crippen LogP contribution in [0.4, 0.5) is 0 Å². The number of fused-ring (bicyclic) bond motifs is 2. The van der Waals surface area contributed by atoms with Gasteiger partial charge in [0.05, 0.1) is 25.2 Å². The Morgan fingerprint density at radius 3 is 2.62 bits per heavy atom. The highest BCUT2D eigenvalue weighted by atomic mass is 16.5. The molecule has 0 aliphatic carbocycles. The van der Waals surface area contributed by atoms with E-state index in [1.165, 1.54) is 32.1 Å². The molecule has 0 aromatic carbocycles. The molecular formula is C20H32O4. The smallest absolute Gasteiger partial charge is 0.307 e. The summed E-state index contributed by atoms with van der Waals surface area (Å²) in [6, 6.07) is 0. The van der Waals surface area contributed by atoms with Gasteiger partial charge in [0.2, 0.25) is 0 Å². The molecular weight excluding hydrogens is 304 g/mol. The van der Waals surface area contributed by atoms with Crippen LogP contribution in [0.3, 0.4) is 0 Å². The van der Waals surface area contributed by atoms with Crippen LogP contribution in [0.2, 0.25) is 0 Å². The SMILES string of the molecule is CCCCCCOC[C@@H]1[C@H](C/C=C\C=CCC(=O)O)[C@@H]2CC[C@H]1O2. The molecule has 1 N–H and O–H groups in total. The molecule has 2 aliphatic rings. The molecule has 0 amide bonds. The Hall–Kier alpha value is -1.13. The third-order valence-electron chi connectivity index (χ3n) is 5.13. The topological polar surface area (TPSA) is 55.8 Å². The molecule has 0 saturated carbocycles. The number of hydrogen-bond donors (Lipinski definition) is 1. The van der Waals surface area contributed by atoms with E-state index in [4.69, 9.17) is 14.6 Å². The van der Waals surface area contributed by atoms with Gasteiger partial charge in [-0.1, -0.05) is 50.5 Å². The number of aliphatic carboxylic acids is 1. The van der Waals surface area contributed by atoms with Crippen molar-refractivity contribution >= 4 is 5.97 Å². The van der Waals surface area contributed by atoms with E-state index in [0.717, 1.165) is 26.1 Å². The summed E-state index contributed by atoms with van der Waals surface area (Å²) >= 11 is 0. The predicted molar refractivity (Wildman–Crippen MR) is 95.0 cm³/mol. The van der Waals surface area contributed by atoms with E-state index < -0.39 is 5.97 Å². The molecule has 0 aromatic heterocycles. The standard InChI is InChI=1S/C20H32O4/c1-2-3-4-9-14-23-15-17-16(18-12-13-19(17)24-18)10-7-5-6-8-11-20(21)22/h5-8,16-19H,2-4,9-15H2,1H3,(H,21,22)/b7-5-,8-6?/t16-,17+,18-,19+/m0/s1. The average Bonchev–Trinajstić information content (AvgIpc) is 3.15. The quantitative estimate of drug-likeness (QED) is 0.425. The fourth-order valence-electron chi connectivity index (χ4n) is 3.84. The minimum Gasteiger partial charge on any atom is -0.481 e. The Bertz CT molecular complexity index is 429. The Labute approximate surface area is 145 Å². The highest BCUT2D eigenvalue weighted by molar-refractivity contribution is 5.68. The van der Waals surface area contributed by atoms with Crippen LogP contribution in [-0.2, 0) is 14.3 Å². The summed E-state index contributed by atoms with van der Waals surface area (Å²) in [5, 5.41) is 8.59. The van der Waals surface area contributed by atoms with Crippen LogP contribution < -0.4 is 0 Å². The van der Waals surface area contributed by atoms with Gasteiger partial charge < -0.3 is 14.6 Å². The first kappa shape index (κ1) is 19.2. The number of carboxylic acid groups (broad SMARTS) is 1. The largest absolute Gasteiger partial charge is 0.481 e. The zero-order chi connectivity index (χ0) is 17.2. The van der Waals surface area contributed by atoms with E-state index >= 15 is 0 Å². The van der Waals surface area contributed by atoms with Gasteiger partial charge in [0.1, 0.15) is 0 Å². The maximum absolute atomic E-state index is 10.4. The Morgan fingerprint density at radius 1 is 1.12 bits per heavy atom. The van der Waals surface area contributed by atoms with Crippen molar-refractivity contribution < 1.29 is 19.4 Å². The van der Waals surface area contributed by atoms with E-state index in [0.29, 0.717) is 24.0 Å². The van der Waals surface area contributed by atoms with Crippen LogP contribution in [0.25, 0.3) is 0 Å². The molecule has 136 valence electrons. The highest BCUT2D eigenvalue weighted by Crippen LogP contribution is 2.45. The first-order valence-electron chi connectivity index (χ1n) is 9.49. The molecule has 24 heavy (non-hydrogen) atoms. The van der Waals surface area contributed by atoms with Crippen LogP contribution >= 0.6 is 0 Å². The summed E-state index contributed by atoms with van der Waals surface area (Å²) in [6.45, 7) is 3.91. The van der Waals surface area contributed by atoms with Gasteiger partial charge in [-0.2, -0.15) is 0 Å². The lowest BCUT2D eigenvalue weighted by Gasteiger charge is -2.27. The molecule has 2 rings (SSSR count). The van der Waals surface area contributed by atoms with Gasteiger partial charge in [-0.3, -0.25) is 4.79 Å². The Balaban J connectivity index is 1.70. The molecule has 4 nitrogen and oxygen atoms in total. The molecule has 0 unspecified atom stereocenters. The van der Waals surface area contributed by atoms with Gasteiger partial charge in [0.25, 0.3) is 0 Å². The van der Waals surface area contributed by atoms with Crippen LogP contribution in [-0.4, -0.2) is 36.5 Å². The van der Waals surface area contributed by atoms with E-state index in [-0.39, 0.29) is 6.42 Å². The monoisotopic (exact) mass is 336 g/mol. The summed E-state index contributed by atoms with van der Waals surface area (Å²) in [7, 11) is 0. The van der Waals surface area contributed by atoms with Crippen LogP contribution in [0.15, 0.2) is 24.3 Å². The lowest BCUT2D eigenvalue weighted by atomic mass is 9.78. The molecule has 4 atom stereocenters. The molecule has 2 heterocycles. The second-order valence-corrected chi connectivity index (χ2v) is 6.94. The minimum atomic E-state index is -0.794. The van der Waals surface area contributed by atoms with Crippen LogP contribution in [0, 0.1) is 11.8 Å². The maximum atomic E-state index is 10.4. The van der Waals surface area contributed by atoms with Crippen molar-refractivity contribution in [1.82, 2.24) is 0 Å². The normalized spacial score (nSPS) is 29.2. The molecule has 0 radical (unpaired) electrons. The summed E-state index contributed by atoms with van der Waals surface area (Å²) in [6.07, 6.45) is 16.7. The number of rotatable bonds is 12. The minimum absolute atomic E-state index is 0.0794. The summed E-state index contributed by atoms with van der Waals surface area (Å²) in [5.74, 6) is 0.267. The number of carboxylic acids is 1. The third kappa shape index (κ3) is 6.06. The van der Waals surface area contributed by atoms with Crippen molar-refractivity contribution in [1.29, 1.82) is 0 Å². The number of carbonyl (C=O) groups is 1. The van der Waals surface area contributed by atoms with E-state index in [9.17, 15) is 4.79 Å². The zero-order valence-corrected chi connectivity index (χ0v) is 14.9. The van der Waals surface area contributed by atoms with Gasteiger partial charge in [-0.25, -0.2) is 0 Å². The summed E-state index contributed by atoms with van der Waals surface area (Å²) < 4.78 is 12.0. The predicted octanol–water partition coefficient (Wildman–Crippen LogP) is 4.35. The van der Waals surface area contributed by atoms with Crippen molar-refractivity contribution in [3.8, 4) is 0 Å². The van der Waals surface area contributed by atoms with Crippen LogP contribution in [0.5, 0.6) is 0 Å². The number of ether oxygens (including phenoxy) is 2. The van der Waals surface area contributed by atoms with Crippen molar-refractivity contribution in [3.05, 3.63) is 24.3 Å². The Kier molecular flexibility index (Phi) is 8.54. The van der Waals surface area contributed by atoms with Gasteiger partial charge >= 0.3 is 5.97 Å². The fraction of sp³-hybridized carbons (Fsp3) is 0.750. The fourth-order valence-corrected chi connectivity index (χ4v) is 3.84. The average molecular weight is 336 g/mol. The van der Waals surface area contributed by atoms with Crippen molar-refractivity contribution in [3.63, 3.8) is 0 Å². The van der Waals surface area contributed by atoms with E-state index in [1.54, 1.807) is 6.08 Å². The van der Waals surface area contributed by atoms with Gasteiger partial charge in [0.15, 0.2) is 0 Å². The van der Waals surface area contributed by atoms with Crippen LogP contribution in [0.1, 0.15) is 58.3 Å². The highest BCUT2D eigenvalue weighted by Gasteiger charge is 2.48. The lowest BCUT2D eigenvalue weighted by Crippen LogP contribution is -2.30. The molecule has 0 spiro atoms. The summed E-state index contributed by atoms with van der Waals surface area (Å²) in [5.41, 5.74) is 0. The summed E-state index contributed by atoms with van der Waals surface area (Å²) in [4.78, 5) is 10.4. The number of allylic oxidation sites excluding steroid dienone is 3.